The van der Waals surface area contributed by atoms with Gasteiger partial charge in [-0.05, 0) is 6.92 Å². The van der Waals surface area contributed by atoms with E-state index in [0.717, 1.165) is 16.4 Å². The molecule has 2 aromatic rings. The van der Waals surface area contributed by atoms with E-state index in [4.69, 9.17) is 5.84 Å². The molecule has 0 unspecified atom stereocenters. The number of anilines is 1. The molecule has 4 heteroatoms. The monoisotopic (exact) mass is 219 g/mol. The molecule has 0 atom stereocenters. The fourth-order valence-electron chi connectivity index (χ4n) is 1.40. The number of hydrogen-bond donors (Lipinski definition) is 1. The molecule has 1 aromatic carbocycles. The second-order valence-electron chi connectivity index (χ2n) is 3.38. The van der Waals surface area contributed by atoms with Crippen molar-refractivity contribution in [2.24, 2.45) is 5.84 Å². The van der Waals surface area contributed by atoms with Gasteiger partial charge in [-0.15, -0.1) is 11.3 Å². The highest BCUT2D eigenvalue weighted by molar-refractivity contribution is 7.16. The molecule has 0 saturated heterocycles. The lowest BCUT2D eigenvalue weighted by atomic mass is 10.1. The molecule has 0 fully saturated rings. The number of aromatic nitrogens is 1. The Morgan fingerprint density at radius 1 is 1.27 bits per heavy atom. The third-order valence-corrected chi connectivity index (χ3v) is 3.20. The lowest BCUT2D eigenvalue weighted by molar-refractivity contribution is 1.00. The molecule has 0 spiro atoms. The predicted octanol–water partition coefficient (Wildman–Crippen LogP) is 2.43. The Kier molecular flexibility index (Phi) is 2.70. The van der Waals surface area contributed by atoms with Crippen LogP contribution in [0.1, 0.15) is 4.88 Å². The highest BCUT2D eigenvalue weighted by atomic mass is 32.1. The van der Waals surface area contributed by atoms with Crippen molar-refractivity contribution in [3.63, 3.8) is 0 Å². The number of aryl methyl sites for hydroxylation is 1. The van der Waals surface area contributed by atoms with Gasteiger partial charge in [-0.3, -0.25) is 5.01 Å². The Bertz CT molecular complexity index is 448. The van der Waals surface area contributed by atoms with E-state index in [2.05, 4.69) is 24.0 Å². The van der Waals surface area contributed by atoms with Crippen LogP contribution in [0.15, 0.2) is 30.3 Å². The first kappa shape index (κ1) is 10.1. The zero-order valence-electron chi connectivity index (χ0n) is 8.77. The molecule has 0 aliphatic carbocycles. The van der Waals surface area contributed by atoms with Crippen molar-refractivity contribution in [3.8, 4) is 11.3 Å². The van der Waals surface area contributed by atoms with E-state index in [0.29, 0.717) is 0 Å². The summed E-state index contributed by atoms with van der Waals surface area (Å²) in [5.41, 5.74) is 2.16. The van der Waals surface area contributed by atoms with Crippen molar-refractivity contribution in [2.75, 3.05) is 12.1 Å². The van der Waals surface area contributed by atoms with Crippen LogP contribution in [-0.4, -0.2) is 12.0 Å². The molecule has 0 aliphatic heterocycles. The van der Waals surface area contributed by atoms with Gasteiger partial charge in [0.25, 0.3) is 0 Å². The molecule has 15 heavy (non-hydrogen) atoms. The van der Waals surface area contributed by atoms with Crippen LogP contribution in [0.2, 0.25) is 0 Å². The Morgan fingerprint density at radius 2 is 1.93 bits per heavy atom. The van der Waals surface area contributed by atoms with Gasteiger partial charge in [0, 0.05) is 17.5 Å². The van der Waals surface area contributed by atoms with Crippen molar-refractivity contribution < 1.29 is 0 Å². The topological polar surface area (TPSA) is 42.1 Å². The van der Waals surface area contributed by atoms with E-state index in [1.807, 2.05) is 18.2 Å². The maximum absolute atomic E-state index is 5.66. The van der Waals surface area contributed by atoms with Gasteiger partial charge in [0.05, 0.1) is 5.69 Å². The van der Waals surface area contributed by atoms with Crippen LogP contribution in [0.4, 0.5) is 5.13 Å². The summed E-state index contributed by atoms with van der Waals surface area (Å²) in [7, 11) is 1.80. The van der Waals surface area contributed by atoms with E-state index < -0.39 is 0 Å². The second-order valence-corrected chi connectivity index (χ2v) is 4.56. The molecule has 0 amide bonds. The van der Waals surface area contributed by atoms with Crippen LogP contribution >= 0.6 is 11.3 Å². The summed E-state index contributed by atoms with van der Waals surface area (Å²) in [5, 5.41) is 2.38. The molecular formula is C11H13N3S. The zero-order chi connectivity index (χ0) is 10.8. The van der Waals surface area contributed by atoms with Crippen LogP contribution in [-0.2, 0) is 0 Å². The van der Waals surface area contributed by atoms with Gasteiger partial charge in [-0.1, -0.05) is 30.3 Å². The SMILES string of the molecule is Cc1sc(N(C)N)nc1-c1ccccc1. The van der Waals surface area contributed by atoms with E-state index in [1.54, 1.807) is 23.4 Å². The Balaban J connectivity index is 2.45. The van der Waals surface area contributed by atoms with Gasteiger partial charge in [-0.25, -0.2) is 10.8 Å². The van der Waals surface area contributed by atoms with Crippen molar-refractivity contribution in [2.45, 2.75) is 6.92 Å². The average molecular weight is 219 g/mol. The normalized spacial score (nSPS) is 10.3. The van der Waals surface area contributed by atoms with Crippen LogP contribution in [0.3, 0.4) is 0 Å². The zero-order valence-corrected chi connectivity index (χ0v) is 9.58. The lowest BCUT2D eigenvalue weighted by Crippen LogP contribution is -2.24. The fraction of sp³-hybridized carbons (Fsp3) is 0.182. The fourth-order valence-corrected chi connectivity index (χ4v) is 2.21. The van der Waals surface area contributed by atoms with Gasteiger partial charge in [0.2, 0.25) is 0 Å². The predicted molar refractivity (Wildman–Crippen MR) is 64.9 cm³/mol. The van der Waals surface area contributed by atoms with Crippen molar-refractivity contribution >= 4 is 16.5 Å². The molecule has 0 bridgehead atoms. The van der Waals surface area contributed by atoms with Gasteiger partial charge < -0.3 is 0 Å². The molecule has 78 valence electrons. The number of hydrogen-bond acceptors (Lipinski definition) is 4. The molecule has 2 rings (SSSR count). The van der Waals surface area contributed by atoms with Crippen LogP contribution in [0.5, 0.6) is 0 Å². The molecular weight excluding hydrogens is 206 g/mol. The van der Waals surface area contributed by atoms with Gasteiger partial charge >= 0.3 is 0 Å². The molecule has 0 saturated carbocycles. The van der Waals surface area contributed by atoms with Crippen LogP contribution < -0.4 is 10.9 Å². The van der Waals surface area contributed by atoms with Crippen LogP contribution in [0, 0.1) is 6.92 Å². The number of benzene rings is 1. The summed E-state index contributed by atoms with van der Waals surface area (Å²) < 4.78 is 0. The molecule has 0 radical (unpaired) electrons. The lowest BCUT2D eigenvalue weighted by Gasteiger charge is -2.05. The minimum atomic E-state index is 0.839. The first-order valence-electron chi connectivity index (χ1n) is 4.70. The molecule has 1 heterocycles. The standard InChI is InChI=1S/C11H13N3S/c1-8-10(9-6-4-3-5-7-9)13-11(15-8)14(2)12/h3-7H,12H2,1-2H3. The Labute approximate surface area is 93.1 Å². The van der Waals surface area contributed by atoms with E-state index in [1.165, 1.54) is 4.88 Å². The Hall–Kier alpha value is -1.39. The maximum atomic E-state index is 5.66. The van der Waals surface area contributed by atoms with Crippen molar-refractivity contribution in [1.29, 1.82) is 0 Å². The summed E-state index contributed by atoms with van der Waals surface area (Å²) in [6, 6.07) is 10.1. The third-order valence-electron chi connectivity index (χ3n) is 2.13. The summed E-state index contributed by atoms with van der Waals surface area (Å²) in [6.07, 6.45) is 0. The number of nitrogens with zero attached hydrogens (tertiary/aromatic N) is 2. The van der Waals surface area contributed by atoms with Crippen LogP contribution in [0.25, 0.3) is 11.3 Å². The van der Waals surface area contributed by atoms with E-state index in [-0.39, 0.29) is 0 Å². The largest absolute Gasteiger partial charge is 0.289 e. The number of nitrogens with two attached hydrogens (primary N) is 1. The second kappa shape index (κ2) is 4.00. The van der Waals surface area contributed by atoms with Gasteiger partial charge in [-0.2, -0.15) is 0 Å². The molecule has 2 N–H and O–H groups in total. The quantitative estimate of drug-likeness (QED) is 0.623. The minimum absolute atomic E-state index is 0.839. The molecule has 0 aliphatic rings. The summed E-state index contributed by atoms with van der Waals surface area (Å²) in [6.45, 7) is 2.06. The summed E-state index contributed by atoms with van der Waals surface area (Å²) in [5.74, 6) is 5.66. The van der Waals surface area contributed by atoms with E-state index in [9.17, 15) is 0 Å². The first-order chi connectivity index (χ1) is 7.18. The smallest absolute Gasteiger partial charge is 0.200 e. The highest BCUT2D eigenvalue weighted by Gasteiger charge is 2.10. The first-order valence-corrected chi connectivity index (χ1v) is 5.51. The molecule has 1 aromatic heterocycles. The van der Waals surface area contributed by atoms with E-state index >= 15 is 0 Å². The summed E-state index contributed by atoms with van der Waals surface area (Å²) in [4.78, 5) is 5.69. The Morgan fingerprint density at radius 3 is 2.47 bits per heavy atom. The van der Waals surface area contributed by atoms with Gasteiger partial charge in [0.1, 0.15) is 0 Å². The number of hydrazine groups is 1. The maximum Gasteiger partial charge on any atom is 0.200 e. The number of thiazole rings is 1. The molecule has 3 nitrogen and oxygen atoms in total. The van der Waals surface area contributed by atoms with Gasteiger partial charge in [0.15, 0.2) is 5.13 Å². The van der Waals surface area contributed by atoms with Crippen molar-refractivity contribution in [1.82, 2.24) is 4.98 Å². The summed E-state index contributed by atoms with van der Waals surface area (Å²) >= 11 is 1.61. The average Bonchev–Trinajstić information content (AvgIpc) is 2.62. The highest BCUT2D eigenvalue weighted by Crippen LogP contribution is 2.30. The van der Waals surface area contributed by atoms with Crippen molar-refractivity contribution in [3.05, 3.63) is 35.2 Å². The number of rotatable bonds is 2. The third kappa shape index (κ3) is 2.00. The minimum Gasteiger partial charge on any atom is -0.289 e.